The van der Waals surface area contributed by atoms with E-state index >= 15 is 0 Å². The van der Waals surface area contributed by atoms with Gasteiger partial charge in [0.25, 0.3) is 0 Å². The fourth-order valence-corrected chi connectivity index (χ4v) is 2.27. The Labute approximate surface area is 109 Å². The zero-order chi connectivity index (χ0) is 13.4. The Balaban J connectivity index is 2.69. The third-order valence-electron chi connectivity index (χ3n) is 3.73. The summed E-state index contributed by atoms with van der Waals surface area (Å²) < 4.78 is 0. The number of carbonyl (C=O) groups is 1. The highest BCUT2D eigenvalue weighted by Crippen LogP contribution is 2.34. The number of rotatable bonds is 8. The van der Waals surface area contributed by atoms with Crippen LogP contribution in [0.2, 0.25) is 0 Å². The highest BCUT2D eigenvalue weighted by Gasteiger charge is 2.35. The van der Waals surface area contributed by atoms with E-state index in [2.05, 4.69) is 11.9 Å². The molecule has 0 amide bonds. The summed E-state index contributed by atoms with van der Waals surface area (Å²) in [6, 6.07) is 5.79. The number of carboxylic acid groups (broad SMARTS) is 1. The van der Waals surface area contributed by atoms with Gasteiger partial charge in [-0.15, -0.1) is 0 Å². The van der Waals surface area contributed by atoms with E-state index in [-0.39, 0.29) is 0 Å². The molecule has 18 heavy (non-hydrogen) atoms. The highest BCUT2D eigenvalue weighted by molar-refractivity contribution is 5.74. The number of aliphatic carboxylic acids is 1. The number of pyridine rings is 1. The van der Waals surface area contributed by atoms with Gasteiger partial charge in [0.05, 0.1) is 5.41 Å². The van der Waals surface area contributed by atoms with Gasteiger partial charge in [-0.3, -0.25) is 9.78 Å². The average Bonchev–Trinajstić information content (AvgIpc) is 2.40. The standard InChI is InChI=1S/C15H23NO2/c1-3-5-10-15(4-2,14(17)18)11-9-13-8-6-7-12-16-13/h6-8,12H,3-5,9-11H2,1-2H3,(H,17,18). The predicted molar refractivity (Wildman–Crippen MR) is 72.4 cm³/mol. The van der Waals surface area contributed by atoms with Gasteiger partial charge >= 0.3 is 5.97 Å². The molecule has 0 spiro atoms. The van der Waals surface area contributed by atoms with Crippen LogP contribution < -0.4 is 0 Å². The smallest absolute Gasteiger partial charge is 0.309 e. The molecule has 0 bridgehead atoms. The number of aryl methyl sites for hydroxylation is 1. The average molecular weight is 249 g/mol. The summed E-state index contributed by atoms with van der Waals surface area (Å²) in [6.07, 6.45) is 6.65. The van der Waals surface area contributed by atoms with Crippen LogP contribution in [0.1, 0.15) is 51.6 Å². The molecule has 0 aliphatic carbocycles. The molecule has 0 aliphatic rings. The molecule has 1 aromatic rings. The van der Waals surface area contributed by atoms with Crippen molar-refractivity contribution >= 4 is 5.97 Å². The lowest BCUT2D eigenvalue weighted by Gasteiger charge is -2.28. The molecule has 100 valence electrons. The molecular formula is C15H23NO2. The molecule has 0 saturated carbocycles. The summed E-state index contributed by atoms with van der Waals surface area (Å²) in [7, 11) is 0. The van der Waals surface area contributed by atoms with E-state index in [9.17, 15) is 9.90 Å². The van der Waals surface area contributed by atoms with Crippen LogP contribution in [0.15, 0.2) is 24.4 Å². The molecule has 1 heterocycles. The molecule has 1 N–H and O–H groups in total. The molecule has 0 radical (unpaired) electrons. The van der Waals surface area contributed by atoms with Crippen LogP contribution in [0.4, 0.5) is 0 Å². The van der Waals surface area contributed by atoms with Crippen LogP contribution in [-0.2, 0) is 11.2 Å². The molecule has 0 saturated heterocycles. The van der Waals surface area contributed by atoms with Crippen molar-refractivity contribution in [2.75, 3.05) is 0 Å². The molecule has 0 fully saturated rings. The zero-order valence-corrected chi connectivity index (χ0v) is 11.4. The minimum atomic E-state index is -0.658. The predicted octanol–water partition coefficient (Wildman–Crippen LogP) is 3.69. The van der Waals surface area contributed by atoms with Gasteiger partial charge in [0.2, 0.25) is 0 Å². The number of nitrogens with zero attached hydrogens (tertiary/aromatic N) is 1. The fraction of sp³-hybridized carbons (Fsp3) is 0.600. The number of hydrogen-bond donors (Lipinski definition) is 1. The number of hydrogen-bond acceptors (Lipinski definition) is 2. The molecule has 1 unspecified atom stereocenters. The Kier molecular flexibility index (Phi) is 5.83. The molecule has 1 aromatic heterocycles. The fourth-order valence-electron chi connectivity index (χ4n) is 2.27. The van der Waals surface area contributed by atoms with Gasteiger partial charge in [-0.05, 0) is 37.8 Å². The van der Waals surface area contributed by atoms with Crippen LogP contribution in [0, 0.1) is 5.41 Å². The Bertz CT molecular complexity index is 364. The van der Waals surface area contributed by atoms with Gasteiger partial charge < -0.3 is 5.11 Å². The highest BCUT2D eigenvalue weighted by atomic mass is 16.4. The molecule has 0 aliphatic heterocycles. The monoisotopic (exact) mass is 249 g/mol. The van der Waals surface area contributed by atoms with Gasteiger partial charge in [-0.1, -0.05) is 32.8 Å². The minimum Gasteiger partial charge on any atom is -0.481 e. The van der Waals surface area contributed by atoms with E-state index in [4.69, 9.17) is 0 Å². The Morgan fingerprint density at radius 2 is 2.11 bits per heavy atom. The van der Waals surface area contributed by atoms with E-state index < -0.39 is 11.4 Å². The summed E-state index contributed by atoms with van der Waals surface area (Å²) in [5, 5.41) is 9.51. The lowest BCUT2D eigenvalue weighted by atomic mass is 9.76. The summed E-state index contributed by atoms with van der Waals surface area (Å²) in [5.74, 6) is -0.658. The van der Waals surface area contributed by atoms with E-state index in [1.807, 2.05) is 25.1 Å². The molecule has 1 rings (SSSR count). The van der Waals surface area contributed by atoms with Crippen molar-refractivity contribution in [3.8, 4) is 0 Å². The topological polar surface area (TPSA) is 50.2 Å². The first-order valence-corrected chi connectivity index (χ1v) is 6.78. The van der Waals surface area contributed by atoms with Crippen molar-refractivity contribution in [1.82, 2.24) is 4.98 Å². The Morgan fingerprint density at radius 1 is 1.33 bits per heavy atom. The van der Waals surface area contributed by atoms with Crippen molar-refractivity contribution in [2.45, 2.75) is 52.4 Å². The molecule has 0 aromatic carbocycles. The van der Waals surface area contributed by atoms with Crippen molar-refractivity contribution in [1.29, 1.82) is 0 Å². The van der Waals surface area contributed by atoms with Crippen molar-refractivity contribution in [3.05, 3.63) is 30.1 Å². The maximum Gasteiger partial charge on any atom is 0.309 e. The quantitative estimate of drug-likeness (QED) is 0.764. The maximum absolute atomic E-state index is 11.6. The van der Waals surface area contributed by atoms with Crippen LogP contribution in [0.25, 0.3) is 0 Å². The van der Waals surface area contributed by atoms with Crippen LogP contribution in [-0.4, -0.2) is 16.1 Å². The van der Waals surface area contributed by atoms with Gasteiger partial charge in [-0.2, -0.15) is 0 Å². The first kappa shape index (κ1) is 14.7. The van der Waals surface area contributed by atoms with Crippen molar-refractivity contribution in [3.63, 3.8) is 0 Å². The Morgan fingerprint density at radius 3 is 2.61 bits per heavy atom. The zero-order valence-electron chi connectivity index (χ0n) is 11.4. The molecule has 1 atom stereocenters. The normalized spacial score (nSPS) is 14.1. The first-order valence-electron chi connectivity index (χ1n) is 6.78. The van der Waals surface area contributed by atoms with Crippen LogP contribution >= 0.6 is 0 Å². The number of carboxylic acids is 1. The van der Waals surface area contributed by atoms with E-state index in [1.165, 1.54) is 0 Å². The van der Waals surface area contributed by atoms with Gasteiger partial charge in [0, 0.05) is 11.9 Å². The van der Waals surface area contributed by atoms with Crippen LogP contribution in [0.5, 0.6) is 0 Å². The van der Waals surface area contributed by atoms with E-state index in [0.29, 0.717) is 12.8 Å². The number of aromatic nitrogens is 1. The second-order valence-electron chi connectivity index (χ2n) is 4.86. The molecular weight excluding hydrogens is 226 g/mol. The second kappa shape index (κ2) is 7.14. The maximum atomic E-state index is 11.6. The van der Waals surface area contributed by atoms with Gasteiger partial charge in [-0.25, -0.2) is 0 Å². The summed E-state index contributed by atoms with van der Waals surface area (Å²) >= 11 is 0. The third-order valence-corrected chi connectivity index (χ3v) is 3.73. The lowest BCUT2D eigenvalue weighted by Crippen LogP contribution is -2.31. The van der Waals surface area contributed by atoms with E-state index in [0.717, 1.165) is 31.4 Å². The number of unbranched alkanes of at least 4 members (excludes halogenated alkanes) is 1. The van der Waals surface area contributed by atoms with Crippen molar-refractivity contribution in [2.24, 2.45) is 5.41 Å². The Hall–Kier alpha value is -1.38. The molecule has 3 nitrogen and oxygen atoms in total. The SMILES string of the molecule is CCCCC(CC)(CCc1ccccn1)C(=O)O. The minimum absolute atomic E-state index is 0.576. The summed E-state index contributed by atoms with van der Waals surface area (Å²) in [6.45, 7) is 4.07. The van der Waals surface area contributed by atoms with E-state index in [1.54, 1.807) is 6.20 Å². The first-order chi connectivity index (χ1) is 8.64. The van der Waals surface area contributed by atoms with Crippen molar-refractivity contribution < 1.29 is 9.90 Å². The summed E-state index contributed by atoms with van der Waals surface area (Å²) in [4.78, 5) is 15.8. The third kappa shape index (κ3) is 3.83. The summed E-state index contributed by atoms with van der Waals surface area (Å²) in [5.41, 5.74) is 0.404. The van der Waals surface area contributed by atoms with Gasteiger partial charge in [0.1, 0.15) is 0 Å². The van der Waals surface area contributed by atoms with Gasteiger partial charge in [0.15, 0.2) is 0 Å². The largest absolute Gasteiger partial charge is 0.481 e. The van der Waals surface area contributed by atoms with Crippen LogP contribution in [0.3, 0.4) is 0 Å². The molecule has 3 heteroatoms. The second-order valence-corrected chi connectivity index (χ2v) is 4.86. The lowest BCUT2D eigenvalue weighted by molar-refractivity contribution is -0.150.